The Balaban J connectivity index is 2.02. The van der Waals surface area contributed by atoms with E-state index in [0.717, 1.165) is 6.42 Å². The lowest BCUT2D eigenvalue weighted by molar-refractivity contribution is -0.130. The fraction of sp³-hybridized carbons (Fsp3) is 0.727. The Labute approximate surface area is 99.7 Å². The van der Waals surface area contributed by atoms with Gasteiger partial charge < -0.3 is 10.0 Å². The zero-order valence-electron chi connectivity index (χ0n) is 9.90. The van der Waals surface area contributed by atoms with Crippen LogP contribution < -0.4 is 5.43 Å². The van der Waals surface area contributed by atoms with Gasteiger partial charge in [0.05, 0.1) is 5.60 Å². The highest BCUT2D eigenvalue weighted by Gasteiger charge is 2.33. The summed E-state index contributed by atoms with van der Waals surface area (Å²) in [5.74, 6) is -0.336. The Morgan fingerprint density at radius 3 is 2.88 bits per heavy atom. The zero-order chi connectivity index (χ0) is 12.5. The first-order valence-corrected chi connectivity index (χ1v) is 5.85. The van der Waals surface area contributed by atoms with Gasteiger partial charge in [-0.3, -0.25) is 9.59 Å². The van der Waals surface area contributed by atoms with Gasteiger partial charge in [-0.1, -0.05) is 0 Å². The molecule has 0 saturated carbocycles. The average Bonchev–Trinajstić information content (AvgIpc) is 2.28. The normalized spacial score (nSPS) is 29.6. The quantitative estimate of drug-likeness (QED) is 0.654. The van der Waals surface area contributed by atoms with Crippen LogP contribution in [0.5, 0.6) is 0 Å². The van der Waals surface area contributed by atoms with Crippen LogP contribution in [-0.2, 0) is 9.59 Å². The molecule has 6 nitrogen and oxygen atoms in total. The molecule has 0 bridgehead atoms. The maximum absolute atomic E-state index is 12.1. The number of carbonyl (C=O) groups excluding carboxylic acids is 2. The third kappa shape index (κ3) is 2.82. The van der Waals surface area contributed by atoms with E-state index in [4.69, 9.17) is 0 Å². The van der Waals surface area contributed by atoms with Crippen LogP contribution in [0.3, 0.4) is 0 Å². The second-order valence-corrected chi connectivity index (χ2v) is 4.92. The topological polar surface area (TPSA) is 82.0 Å². The Morgan fingerprint density at radius 1 is 1.53 bits per heavy atom. The maximum atomic E-state index is 12.1. The Hall–Kier alpha value is -1.43. The van der Waals surface area contributed by atoms with Gasteiger partial charge in [0.1, 0.15) is 5.71 Å². The average molecular weight is 239 g/mol. The summed E-state index contributed by atoms with van der Waals surface area (Å²) < 4.78 is 0. The molecule has 0 aromatic rings. The monoisotopic (exact) mass is 239 g/mol. The van der Waals surface area contributed by atoms with Crippen LogP contribution in [0, 0.1) is 0 Å². The number of nitrogens with zero attached hydrogens (tertiary/aromatic N) is 2. The van der Waals surface area contributed by atoms with Crippen LogP contribution in [0.2, 0.25) is 0 Å². The van der Waals surface area contributed by atoms with Crippen molar-refractivity contribution in [2.24, 2.45) is 5.10 Å². The number of hydrogen-bond acceptors (Lipinski definition) is 4. The van der Waals surface area contributed by atoms with Crippen molar-refractivity contribution in [1.82, 2.24) is 10.3 Å². The molecule has 0 aromatic heterocycles. The molecule has 2 amide bonds. The van der Waals surface area contributed by atoms with Crippen molar-refractivity contribution in [3.05, 3.63) is 0 Å². The summed E-state index contributed by atoms with van der Waals surface area (Å²) in [6.07, 6.45) is 2.18. The van der Waals surface area contributed by atoms with Gasteiger partial charge in [-0.15, -0.1) is 0 Å². The molecule has 0 aromatic carbocycles. The van der Waals surface area contributed by atoms with E-state index >= 15 is 0 Å². The Kier molecular flexibility index (Phi) is 3.15. The van der Waals surface area contributed by atoms with Crippen molar-refractivity contribution >= 4 is 17.5 Å². The number of amides is 2. The molecule has 0 radical (unpaired) electrons. The van der Waals surface area contributed by atoms with E-state index in [0.29, 0.717) is 38.1 Å². The predicted octanol–water partition coefficient (Wildman–Crippen LogP) is -0.374. The first-order valence-electron chi connectivity index (χ1n) is 5.85. The molecule has 94 valence electrons. The number of hydrogen-bond donors (Lipinski definition) is 2. The third-order valence-corrected chi connectivity index (χ3v) is 3.11. The second-order valence-electron chi connectivity index (χ2n) is 4.92. The number of β-amino-alcohol motifs (C(OH)–C–C–N with tert-alkyl or cyclic N) is 1. The minimum atomic E-state index is -0.813. The van der Waals surface area contributed by atoms with E-state index in [-0.39, 0.29) is 11.8 Å². The number of rotatable bonds is 1. The standard InChI is InChI=1S/C11H17N3O3/c1-11(17)5-2-6-14(7-11)10(16)8-3-4-9(15)13-12-8/h17H,2-7H2,1H3,(H,13,15). The van der Waals surface area contributed by atoms with Gasteiger partial charge >= 0.3 is 0 Å². The van der Waals surface area contributed by atoms with Crippen molar-refractivity contribution in [2.75, 3.05) is 13.1 Å². The second kappa shape index (κ2) is 4.44. The fourth-order valence-electron chi connectivity index (χ4n) is 2.20. The van der Waals surface area contributed by atoms with Gasteiger partial charge in [0.2, 0.25) is 5.91 Å². The van der Waals surface area contributed by atoms with E-state index in [1.54, 1.807) is 11.8 Å². The molecule has 2 rings (SSSR count). The summed E-state index contributed by atoms with van der Waals surface area (Å²) in [5, 5.41) is 13.7. The van der Waals surface area contributed by atoms with E-state index in [1.807, 2.05) is 0 Å². The maximum Gasteiger partial charge on any atom is 0.270 e. The highest BCUT2D eigenvalue weighted by atomic mass is 16.3. The SMILES string of the molecule is CC1(O)CCCN(C(=O)C2=NNC(=O)CC2)C1. The van der Waals surface area contributed by atoms with Gasteiger partial charge in [0.25, 0.3) is 5.91 Å². The number of aliphatic hydroxyl groups is 1. The van der Waals surface area contributed by atoms with Gasteiger partial charge in [-0.05, 0) is 19.8 Å². The molecule has 2 heterocycles. The zero-order valence-corrected chi connectivity index (χ0v) is 9.90. The smallest absolute Gasteiger partial charge is 0.270 e. The number of carbonyl (C=O) groups is 2. The van der Waals surface area contributed by atoms with Gasteiger partial charge in [-0.25, -0.2) is 5.43 Å². The number of piperidine rings is 1. The third-order valence-electron chi connectivity index (χ3n) is 3.11. The Bertz CT molecular complexity index is 376. The lowest BCUT2D eigenvalue weighted by Gasteiger charge is -2.37. The minimum Gasteiger partial charge on any atom is -0.388 e. The van der Waals surface area contributed by atoms with Crippen LogP contribution in [-0.4, -0.2) is 46.2 Å². The molecule has 1 fully saturated rings. The minimum absolute atomic E-state index is 0.160. The van der Waals surface area contributed by atoms with Gasteiger partial charge in [-0.2, -0.15) is 5.10 Å². The van der Waals surface area contributed by atoms with Crippen molar-refractivity contribution < 1.29 is 14.7 Å². The summed E-state index contributed by atoms with van der Waals surface area (Å²) in [5.41, 5.74) is 1.88. The predicted molar refractivity (Wildman–Crippen MR) is 61.2 cm³/mol. The van der Waals surface area contributed by atoms with E-state index in [1.165, 1.54) is 0 Å². The summed E-state index contributed by atoms with van der Waals surface area (Å²) >= 11 is 0. The van der Waals surface area contributed by atoms with Crippen molar-refractivity contribution in [3.8, 4) is 0 Å². The van der Waals surface area contributed by atoms with Crippen molar-refractivity contribution in [1.29, 1.82) is 0 Å². The van der Waals surface area contributed by atoms with Crippen LogP contribution in [0.4, 0.5) is 0 Å². The lowest BCUT2D eigenvalue weighted by atomic mass is 9.94. The van der Waals surface area contributed by atoms with Crippen molar-refractivity contribution in [3.63, 3.8) is 0 Å². The first kappa shape index (κ1) is 12.0. The van der Waals surface area contributed by atoms with Crippen LogP contribution in [0.15, 0.2) is 5.10 Å². The van der Waals surface area contributed by atoms with Gasteiger partial charge in [0, 0.05) is 25.9 Å². The van der Waals surface area contributed by atoms with Gasteiger partial charge in [0.15, 0.2) is 0 Å². The number of hydrazone groups is 1. The van der Waals surface area contributed by atoms with E-state index < -0.39 is 5.60 Å². The van der Waals surface area contributed by atoms with Crippen LogP contribution in [0.25, 0.3) is 0 Å². The summed E-state index contributed by atoms with van der Waals surface area (Å²) in [6, 6.07) is 0. The molecule has 1 atom stereocenters. The molecule has 1 saturated heterocycles. The molecule has 0 aliphatic carbocycles. The number of nitrogens with one attached hydrogen (secondary N) is 1. The fourth-order valence-corrected chi connectivity index (χ4v) is 2.20. The molecule has 2 N–H and O–H groups in total. The van der Waals surface area contributed by atoms with E-state index in [9.17, 15) is 14.7 Å². The molecule has 17 heavy (non-hydrogen) atoms. The lowest BCUT2D eigenvalue weighted by Crippen LogP contribution is -2.51. The highest BCUT2D eigenvalue weighted by Crippen LogP contribution is 2.21. The molecule has 2 aliphatic heterocycles. The molecule has 0 spiro atoms. The molecular weight excluding hydrogens is 222 g/mol. The summed E-state index contributed by atoms with van der Waals surface area (Å²) in [7, 11) is 0. The molecule has 2 aliphatic rings. The summed E-state index contributed by atoms with van der Waals surface area (Å²) in [6.45, 7) is 2.71. The van der Waals surface area contributed by atoms with E-state index in [2.05, 4.69) is 10.5 Å². The van der Waals surface area contributed by atoms with Crippen LogP contribution >= 0.6 is 0 Å². The summed E-state index contributed by atoms with van der Waals surface area (Å²) in [4.78, 5) is 24.6. The molecular formula is C11H17N3O3. The molecule has 6 heteroatoms. The highest BCUT2D eigenvalue weighted by molar-refractivity contribution is 6.39. The number of likely N-dealkylation sites (tertiary alicyclic amines) is 1. The first-order chi connectivity index (χ1) is 7.98. The largest absolute Gasteiger partial charge is 0.388 e. The van der Waals surface area contributed by atoms with Crippen molar-refractivity contribution in [2.45, 2.75) is 38.2 Å². The molecule has 1 unspecified atom stereocenters. The van der Waals surface area contributed by atoms with Crippen LogP contribution in [0.1, 0.15) is 32.6 Å². The Morgan fingerprint density at radius 2 is 2.29 bits per heavy atom.